The van der Waals surface area contributed by atoms with Crippen LogP contribution in [0.4, 0.5) is 15.1 Å². The monoisotopic (exact) mass is 266 g/mol. The van der Waals surface area contributed by atoms with Crippen LogP contribution in [0.1, 0.15) is 12.6 Å². The van der Waals surface area contributed by atoms with Crippen LogP contribution >= 0.6 is 11.5 Å². The molecule has 1 heterocycles. The molecule has 0 amide bonds. The Morgan fingerprint density at radius 3 is 2.83 bits per heavy atom. The minimum Gasteiger partial charge on any atom is -0.377 e. The van der Waals surface area contributed by atoms with Crippen molar-refractivity contribution in [2.24, 2.45) is 0 Å². The van der Waals surface area contributed by atoms with Gasteiger partial charge in [-0.05, 0) is 19.1 Å². The number of aromatic nitrogens is 2. The van der Waals surface area contributed by atoms with Crippen molar-refractivity contribution in [1.29, 1.82) is 0 Å². The molecule has 6 heteroatoms. The van der Waals surface area contributed by atoms with Crippen LogP contribution in [0.5, 0.6) is 0 Å². The molecule has 1 aromatic carbocycles. The van der Waals surface area contributed by atoms with Crippen molar-refractivity contribution < 1.29 is 4.39 Å². The Labute approximate surface area is 110 Å². The number of nitrogens with one attached hydrogen (secondary N) is 1. The summed E-state index contributed by atoms with van der Waals surface area (Å²) >= 11 is 1.31. The van der Waals surface area contributed by atoms with E-state index in [1.165, 1.54) is 17.6 Å². The molecule has 0 aliphatic heterocycles. The number of hydrogen-bond donors (Lipinski definition) is 1. The Morgan fingerprint density at radius 1 is 1.39 bits per heavy atom. The zero-order chi connectivity index (χ0) is 13.0. The Balaban J connectivity index is 2.23. The number of rotatable bonds is 5. The van der Waals surface area contributed by atoms with E-state index in [0.29, 0.717) is 18.8 Å². The van der Waals surface area contributed by atoms with Crippen LogP contribution in [0.15, 0.2) is 24.3 Å². The van der Waals surface area contributed by atoms with Gasteiger partial charge in [-0.15, -0.1) is 5.10 Å². The Morgan fingerprint density at radius 2 is 2.17 bits per heavy atom. The van der Waals surface area contributed by atoms with Gasteiger partial charge in [0.1, 0.15) is 16.5 Å². The van der Waals surface area contributed by atoms with Gasteiger partial charge in [0.2, 0.25) is 0 Å². The van der Waals surface area contributed by atoms with Crippen molar-refractivity contribution in [3.05, 3.63) is 35.8 Å². The smallest absolute Gasteiger partial charge is 0.146 e. The van der Waals surface area contributed by atoms with Crippen molar-refractivity contribution in [2.45, 2.75) is 13.5 Å². The topological polar surface area (TPSA) is 41.1 Å². The summed E-state index contributed by atoms with van der Waals surface area (Å²) in [6.07, 6.45) is 0. The summed E-state index contributed by atoms with van der Waals surface area (Å²) in [6.45, 7) is 3.25. The number of benzene rings is 1. The molecule has 0 spiro atoms. The summed E-state index contributed by atoms with van der Waals surface area (Å²) in [7, 11) is 1.83. The molecule has 0 aliphatic carbocycles. The predicted octanol–water partition coefficient (Wildman–Crippen LogP) is 2.75. The molecule has 96 valence electrons. The Kier molecular flexibility index (Phi) is 4.09. The predicted molar refractivity (Wildman–Crippen MR) is 72.6 cm³/mol. The van der Waals surface area contributed by atoms with E-state index >= 15 is 0 Å². The lowest BCUT2D eigenvalue weighted by Gasteiger charge is -2.22. The van der Waals surface area contributed by atoms with Crippen molar-refractivity contribution in [1.82, 2.24) is 9.59 Å². The molecule has 0 bridgehead atoms. The molecule has 0 saturated heterocycles. The zero-order valence-electron chi connectivity index (χ0n) is 10.4. The highest BCUT2D eigenvalue weighted by molar-refractivity contribution is 7.10. The summed E-state index contributed by atoms with van der Waals surface area (Å²) in [5.74, 6) is -0.214. The van der Waals surface area contributed by atoms with Gasteiger partial charge in [0.05, 0.1) is 12.2 Å². The second kappa shape index (κ2) is 5.77. The molecule has 0 unspecified atom stereocenters. The van der Waals surface area contributed by atoms with Crippen LogP contribution in [0.3, 0.4) is 0 Å². The normalized spacial score (nSPS) is 10.4. The van der Waals surface area contributed by atoms with Crippen LogP contribution in [0.2, 0.25) is 0 Å². The molecule has 18 heavy (non-hydrogen) atoms. The van der Waals surface area contributed by atoms with E-state index in [1.54, 1.807) is 12.1 Å². The summed E-state index contributed by atoms with van der Waals surface area (Å²) < 4.78 is 17.7. The third-order valence-electron chi connectivity index (χ3n) is 2.70. The molecular formula is C12H15FN4S. The maximum atomic E-state index is 13.7. The van der Waals surface area contributed by atoms with Crippen LogP contribution in [-0.2, 0) is 6.54 Å². The summed E-state index contributed by atoms with van der Waals surface area (Å²) in [6, 6.07) is 6.77. The fourth-order valence-corrected chi connectivity index (χ4v) is 2.28. The van der Waals surface area contributed by atoms with Gasteiger partial charge in [0.15, 0.2) is 0 Å². The first-order valence-electron chi connectivity index (χ1n) is 5.74. The molecule has 1 aromatic heterocycles. The van der Waals surface area contributed by atoms with Crippen LogP contribution in [0.25, 0.3) is 0 Å². The summed E-state index contributed by atoms with van der Waals surface area (Å²) in [5, 5.41) is 8.04. The SMILES string of the molecule is CCN(Cc1nnsc1NC)c1ccccc1F. The number of hydrogen-bond acceptors (Lipinski definition) is 5. The molecule has 0 aliphatic rings. The van der Waals surface area contributed by atoms with Crippen LogP contribution in [-0.4, -0.2) is 23.2 Å². The number of nitrogens with zero attached hydrogens (tertiary/aromatic N) is 3. The maximum Gasteiger partial charge on any atom is 0.146 e. The molecule has 0 radical (unpaired) electrons. The van der Waals surface area contributed by atoms with Crippen LogP contribution < -0.4 is 10.2 Å². The first kappa shape index (κ1) is 12.8. The fraction of sp³-hybridized carbons (Fsp3) is 0.333. The molecule has 1 N–H and O–H groups in total. The van der Waals surface area contributed by atoms with E-state index in [2.05, 4.69) is 14.9 Å². The van der Waals surface area contributed by atoms with E-state index in [4.69, 9.17) is 0 Å². The second-order valence-corrected chi connectivity index (χ2v) is 4.52. The van der Waals surface area contributed by atoms with Crippen molar-refractivity contribution in [3.63, 3.8) is 0 Å². The largest absolute Gasteiger partial charge is 0.377 e. The summed E-state index contributed by atoms with van der Waals surface area (Å²) in [5.41, 5.74) is 1.43. The lowest BCUT2D eigenvalue weighted by Crippen LogP contribution is -2.23. The van der Waals surface area contributed by atoms with Crippen LogP contribution in [0, 0.1) is 5.82 Å². The van der Waals surface area contributed by atoms with Gasteiger partial charge >= 0.3 is 0 Å². The fourth-order valence-electron chi connectivity index (χ4n) is 1.76. The van der Waals surface area contributed by atoms with Gasteiger partial charge < -0.3 is 10.2 Å². The second-order valence-electron chi connectivity index (χ2n) is 3.76. The maximum absolute atomic E-state index is 13.7. The lowest BCUT2D eigenvalue weighted by atomic mass is 10.2. The van der Waals surface area contributed by atoms with Crippen molar-refractivity contribution in [3.8, 4) is 0 Å². The highest BCUT2D eigenvalue weighted by atomic mass is 32.1. The Hall–Kier alpha value is -1.69. The highest BCUT2D eigenvalue weighted by Crippen LogP contribution is 2.24. The minimum absolute atomic E-state index is 0.214. The minimum atomic E-state index is -0.214. The average Bonchev–Trinajstić information content (AvgIpc) is 2.84. The molecule has 4 nitrogen and oxygen atoms in total. The molecular weight excluding hydrogens is 251 g/mol. The third-order valence-corrected chi connectivity index (χ3v) is 3.48. The summed E-state index contributed by atoms with van der Waals surface area (Å²) in [4.78, 5) is 1.94. The van der Waals surface area contributed by atoms with Gasteiger partial charge in [-0.25, -0.2) is 4.39 Å². The molecule has 2 aromatic rings. The van der Waals surface area contributed by atoms with Gasteiger partial charge in [0, 0.05) is 25.1 Å². The third kappa shape index (κ3) is 2.59. The average molecular weight is 266 g/mol. The van der Waals surface area contributed by atoms with Gasteiger partial charge in [-0.2, -0.15) is 0 Å². The van der Waals surface area contributed by atoms with E-state index < -0.39 is 0 Å². The van der Waals surface area contributed by atoms with Gasteiger partial charge in [-0.3, -0.25) is 0 Å². The Bertz CT molecular complexity index is 514. The van der Waals surface area contributed by atoms with E-state index in [-0.39, 0.29) is 5.82 Å². The van der Waals surface area contributed by atoms with Crippen molar-refractivity contribution in [2.75, 3.05) is 23.8 Å². The van der Waals surface area contributed by atoms with Gasteiger partial charge in [-0.1, -0.05) is 16.6 Å². The van der Waals surface area contributed by atoms with Gasteiger partial charge in [0.25, 0.3) is 0 Å². The molecule has 0 fully saturated rings. The molecule has 0 atom stereocenters. The quantitative estimate of drug-likeness (QED) is 0.903. The van der Waals surface area contributed by atoms with E-state index in [9.17, 15) is 4.39 Å². The molecule has 2 rings (SSSR count). The van der Waals surface area contributed by atoms with E-state index in [1.807, 2.05) is 24.9 Å². The standard InChI is InChI=1S/C12H15FN4S/c1-3-17(11-7-5-4-6-9(11)13)8-10-12(14-2)18-16-15-10/h4-7,14H,3,8H2,1-2H3. The first-order chi connectivity index (χ1) is 8.76. The molecule has 0 saturated carbocycles. The number of anilines is 2. The lowest BCUT2D eigenvalue weighted by molar-refractivity contribution is 0.617. The van der Waals surface area contributed by atoms with Crippen molar-refractivity contribution >= 4 is 22.2 Å². The number of halogens is 1. The van der Waals surface area contributed by atoms with E-state index in [0.717, 1.165) is 10.7 Å². The zero-order valence-corrected chi connectivity index (χ0v) is 11.2. The first-order valence-corrected chi connectivity index (χ1v) is 6.52. The highest BCUT2D eigenvalue weighted by Gasteiger charge is 2.14. The number of para-hydroxylation sites is 1.